The Hall–Kier alpha value is -1.35. The summed E-state index contributed by atoms with van der Waals surface area (Å²) >= 11 is 0. The molecule has 1 aliphatic carbocycles. The van der Waals surface area contributed by atoms with Crippen molar-refractivity contribution in [2.45, 2.75) is 51.5 Å². The fraction of sp³-hybridized carbons (Fsp3) is 0.611. The van der Waals surface area contributed by atoms with Crippen LogP contribution in [0.3, 0.4) is 0 Å². The van der Waals surface area contributed by atoms with Crippen LogP contribution in [0.25, 0.3) is 11.0 Å². The van der Waals surface area contributed by atoms with Crippen molar-refractivity contribution in [1.82, 2.24) is 14.9 Å². The van der Waals surface area contributed by atoms with Crippen LogP contribution in [0.1, 0.15) is 44.9 Å². The van der Waals surface area contributed by atoms with Crippen molar-refractivity contribution in [3.05, 3.63) is 30.1 Å². The average molecular weight is 285 g/mol. The van der Waals surface area contributed by atoms with Crippen molar-refractivity contribution < 1.29 is 0 Å². The molecule has 1 fully saturated rings. The minimum atomic E-state index is 0.736. The molecule has 1 aromatic carbocycles. The van der Waals surface area contributed by atoms with Gasteiger partial charge in [-0.15, -0.1) is 0 Å². The summed E-state index contributed by atoms with van der Waals surface area (Å²) in [5.74, 6) is 2.17. The molecule has 3 rings (SSSR count). The van der Waals surface area contributed by atoms with Crippen molar-refractivity contribution >= 4 is 11.0 Å². The highest BCUT2D eigenvalue weighted by atomic mass is 15.1. The van der Waals surface area contributed by atoms with Crippen LogP contribution in [0, 0.1) is 5.92 Å². The van der Waals surface area contributed by atoms with Crippen molar-refractivity contribution in [2.75, 3.05) is 6.54 Å². The molecule has 1 N–H and O–H groups in total. The van der Waals surface area contributed by atoms with Crippen LogP contribution < -0.4 is 5.32 Å². The third kappa shape index (κ3) is 3.46. The maximum Gasteiger partial charge on any atom is 0.109 e. The molecule has 0 spiro atoms. The molecule has 0 aliphatic heterocycles. The highest BCUT2D eigenvalue weighted by Crippen LogP contribution is 2.34. The van der Waals surface area contributed by atoms with Crippen LogP contribution in [0.4, 0.5) is 0 Å². The molecule has 1 aromatic heterocycles. The van der Waals surface area contributed by atoms with Gasteiger partial charge < -0.3 is 9.88 Å². The van der Waals surface area contributed by atoms with E-state index in [9.17, 15) is 0 Å². The topological polar surface area (TPSA) is 29.9 Å². The van der Waals surface area contributed by atoms with Gasteiger partial charge in [0.2, 0.25) is 0 Å². The molecule has 1 unspecified atom stereocenters. The van der Waals surface area contributed by atoms with Gasteiger partial charge in [-0.3, -0.25) is 0 Å². The smallest absolute Gasteiger partial charge is 0.109 e. The molecule has 1 atom stereocenters. The van der Waals surface area contributed by atoms with Crippen LogP contribution in [0.2, 0.25) is 0 Å². The van der Waals surface area contributed by atoms with E-state index in [4.69, 9.17) is 4.98 Å². The summed E-state index contributed by atoms with van der Waals surface area (Å²) in [4.78, 5) is 4.77. The van der Waals surface area contributed by atoms with Gasteiger partial charge in [0.15, 0.2) is 0 Å². The van der Waals surface area contributed by atoms with Gasteiger partial charge >= 0.3 is 0 Å². The van der Waals surface area contributed by atoms with E-state index >= 15 is 0 Å². The number of aryl methyl sites for hydroxylation is 2. The zero-order valence-electron chi connectivity index (χ0n) is 13.3. The maximum absolute atomic E-state index is 4.77. The molecule has 3 heteroatoms. The zero-order chi connectivity index (χ0) is 14.7. The van der Waals surface area contributed by atoms with Crippen LogP contribution in [-0.4, -0.2) is 22.1 Å². The lowest BCUT2D eigenvalue weighted by molar-refractivity contribution is 0.422. The number of nitrogens with zero attached hydrogens (tertiary/aromatic N) is 2. The lowest BCUT2D eigenvalue weighted by atomic mass is 10.0. The second kappa shape index (κ2) is 6.61. The van der Waals surface area contributed by atoms with Crippen LogP contribution in [-0.2, 0) is 13.5 Å². The first-order valence-corrected chi connectivity index (χ1v) is 8.43. The lowest BCUT2D eigenvalue weighted by Gasteiger charge is -2.17. The Balaban J connectivity index is 1.57. The second-order valence-corrected chi connectivity index (χ2v) is 6.37. The van der Waals surface area contributed by atoms with E-state index < -0.39 is 0 Å². The highest BCUT2D eigenvalue weighted by molar-refractivity contribution is 5.75. The molecular weight excluding hydrogens is 258 g/mol. The summed E-state index contributed by atoms with van der Waals surface area (Å²) in [7, 11) is 2.14. The zero-order valence-corrected chi connectivity index (χ0v) is 13.3. The van der Waals surface area contributed by atoms with Crippen molar-refractivity contribution in [1.29, 1.82) is 0 Å². The summed E-state index contributed by atoms with van der Waals surface area (Å²) in [5.41, 5.74) is 2.37. The number of hydrogen-bond acceptors (Lipinski definition) is 2. The van der Waals surface area contributed by atoms with E-state index in [1.165, 1.54) is 43.4 Å². The fourth-order valence-electron chi connectivity index (χ4n) is 3.23. The third-order valence-corrected chi connectivity index (χ3v) is 4.64. The van der Waals surface area contributed by atoms with E-state index in [2.05, 4.69) is 48.1 Å². The van der Waals surface area contributed by atoms with E-state index in [1.807, 2.05) is 0 Å². The van der Waals surface area contributed by atoms with Crippen molar-refractivity contribution in [2.24, 2.45) is 13.0 Å². The Bertz CT molecular complexity index is 583. The molecule has 0 saturated heterocycles. The van der Waals surface area contributed by atoms with Gasteiger partial charge in [-0.05, 0) is 56.7 Å². The predicted molar refractivity (Wildman–Crippen MR) is 88.5 cm³/mol. The molecule has 1 aliphatic rings. The van der Waals surface area contributed by atoms with E-state index in [1.54, 1.807) is 0 Å². The van der Waals surface area contributed by atoms with Crippen LogP contribution in [0.5, 0.6) is 0 Å². The summed E-state index contributed by atoms with van der Waals surface area (Å²) in [6.45, 7) is 3.41. The van der Waals surface area contributed by atoms with Gasteiger partial charge in [0.1, 0.15) is 5.82 Å². The van der Waals surface area contributed by atoms with Crippen LogP contribution >= 0.6 is 0 Å². The van der Waals surface area contributed by atoms with Gasteiger partial charge in [0, 0.05) is 19.5 Å². The summed E-state index contributed by atoms with van der Waals surface area (Å²) in [5, 5.41) is 3.73. The monoisotopic (exact) mass is 285 g/mol. The third-order valence-electron chi connectivity index (χ3n) is 4.64. The van der Waals surface area contributed by atoms with E-state index in [-0.39, 0.29) is 0 Å². The maximum atomic E-state index is 4.77. The number of aromatic nitrogens is 2. The van der Waals surface area contributed by atoms with Gasteiger partial charge in [-0.2, -0.15) is 0 Å². The molecule has 1 heterocycles. The first-order valence-electron chi connectivity index (χ1n) is 8.43. The number of benzene rings is 1. The molecule has 3 nitrogen and oxygen atoms in total. The normalized spacial score (nSPS) is 16.5. The molecule has 1 saturated carbocycles. The highest BCUT2D eigenvalue weighted by Gasteiger charge is 2.30. The number of rotatable bonds is 8. The van der Waals surface area contributed by atoms with Gasteiger partial charge in [-0.25, -0.2) is 4.98 Å². The fourth-order valence-corrected chi connectivity index (χ4v) is 3.23. The Morgan fingerprint density at radius 3 is 2.86 bits per heavy atom. The summed E-state index contributed by atoms with van der Waals surface area (Å²) in [6, 6.07) is 9.15. The van der Waals surface area contributed by atoms with Crippen molar-refractivity contribution in [3.8, 4) is 0 Å². The Kier molecular flexibility index (Phi) is 4.59. The predicted octanol–water partition coefficient (Wildman–Crippen LogP) is 3.67. The van der Waals surface area contributed by atoms with E-state index in [0.29, 0.717) is 0 Å². The molecule has 21 heavy (non-hydrogen) atoms. The largest absolute Gasteiger partial charge is 0.331 e. The quantitative estimate of drug-likeness (QED) is 0.802. The minimum Gasteiger partial charge on any atom is -0.331 e. The molecule has 0 amide bonds. The number of para-hydroxylation sites is 2. The van der Waals surface area contributed by atoms with Gasteiger partial charge in [-0.1, -0.05) is 19.1 Å². The SMILES string of the molecule is CCCNC(CCCc1nc2ccccc2n1C)C1CC1. The Morgan fingerprint density at radius 1 is 1.33 bits per heavy atom. The lowest BCUT2D eigenvalue weighted by Crippen LogP contribution is -2.31. The first kappa shape index (κ1) is 14.6. The number of hydrogen-bond donors (Lipinski definition) is 1. The van der Waals surface area contributed by atoms with Crippen LogP contribution in [0.15, 0.2) is 24.3 Å². The van der Waals surface area contributed by atoms with E-state index in [0.717, 1.165) is 30.4 Å². The molecular formula is C18H27N3. The second-order valence-electron chi connectivity index (χ2n) is 6.37. The summed E-state index contributed by atoms with van der Waals surface area (Å²) < 4.78 is 2.25. The Morgan fingerprint density at radius 2 is 2.14 bits per heavy atom. The first-order chi connectivity index (χ1) is 10.3. The molecule has 114 valence electrons. The average Bonchev–Trinajstić information content (AvgIpc) is 3.29. The molecule has 2 aromatic rings. The van der Waals surface area contributed by atoms with Gasteiger partial charge in [0.05, 0.1) is 11.0 Å². The minimum absolute atomic E-state index is 0.736. The van der Waals surface area contributed by atoms with Crippen molar-refractivity contribution in [3.63, 3.8) is 0 Å². The summed E-state index contributed by atoms with van der Waals surface area (Å²) in [6.07, 6.45) is 7.68. The standard InChI is InChI=1S/C18H27N3/c1-3-13-19-15(14-11-12-14)8-6-10-18-20-16-7-4-5-9-17(16)21(18)2/h4-5,7,9,14-15,19H,3,6,8,10-13H2,1-2H3. The molecule has 0 bridgehead atoms. The number of nitrogens with one attached hydrogen (secondary N) is 1. The Labute approximate surface area is 127 Å². The number of imidazole rings is 1. The van der Waals surface area contributed by atoms with Gasteiger partial charge in [0.25, 0.3) is 0 Å². The molecule has 0 radical (unpaired) electrons. The number of fused-ring (bicyclic) bond motifs is 1.